The van der Waals surface area contributed by atoms with E-state index in [0.717, 1.165) is 16.7 Å². The van der Waals surface area contributed by atoms with Crippen LogP contribution in [-0.4, -0.2) is 50.6 Å². The number of methoxy groups -OCH3 is 2. The number of fused-ring (bicyclic) bond motifs is 1. The van der Waals surface area contributed by atoms with E-state index in [0.29, 0.717) is 32.4 Å². The van der Waals surface area contributed by atoms with E-state index in [2.05, 4.69) is 9.97 Å². The molecule has 0 bridgehead atoms. The summed E-state index contributed by atoms with van der Waals surface area (Å²) in [4.78, 5) is 8.32. The molecule has 20 heavy (non-hydrogen) atoms. The standard InChI is InChI=1S/C14H18N2O4/c1-17-5-6-19-7-8-20-12-4-3-11-10-15-14(18-2)16-13(11)9-12/h3-4,9-10H,5-8H2,1-2H3. The van der Waals surface area contributed by atoms with Crippen LogP contribution in [0.15, 0.2) is 24.4 Å². The van der Waals surface area contributed by atoms with Crippen LogP contribution in [0.25, 0.3) is 10.9 Å². The Morgan fingerprint density at radius 2 is 1.90 bits per heavy atom. The lowest BCUT2D eigenvalue weighted by molar-refractivity contribution is 0.0544. The lowest BCUT2D eigenvalue weighted by atomic mass is 10.2. The normalized spacial score (nSPS) is 10.7. The third kappa shape index (κ3) is 4.04. The van der Waals surface area contributed by atoms with Crippen LogP contribution in [0.5, 0.6) is 11.8 Å². The molecule has 6 heteroatoms. The highest BCUT2D eigenvalue weighted by atomic mass is 16.5. The van der Waals surface area contributed by atoms with E-state index in [1.54, 1.807) is 20.4 Å². The van der Waals surface area contributed by atoms with Crippen LogP contribution >= 0.6 is 0 Å². The number of aromatic nitrogens is 2. The zero-order valence-electron chi connectivity index (χ0n) is 11.7. The molecule has 0 amide bonds. The number of nitrogens with zero attached hydrogens (tertiary/aromatic N) is 2. The molecule has 1 aromatic heterocycles. The van der Waals surface area contributed by atoms with Gasteiger partial charge in [-0.2, -0.15) is 4.98 Å². The number of benzene rings is 1. The van der Waals surface area contributed by atoms with Crippen LogP contribution in [0, 0.1) is 0 Å². The molecule has 0 aliphatic heterocycles. The van der Waals surface area contributed by atoms with Gasteiger partial charge in [0, 0.05) is 24.8 Å². The third-order valence-electron chi connectivity index (χ3n) is 2.64. The second-order valence-electron chi connectivity index (χ2n) is 4.03. The SMILES string of the molecule is COCCOCCOc1ccc2cnc(OC)nc2c1. The molecule has 2 rings (SSSR count). The van der Waals surface area contributed by atoms with Crippen molar-refractivity contribution in [1.29, 1.82) is 0 Å². The molecule has 0 saturated carbocycles. The van der Waals surface area contributed by atoms with Crippen LogP contribution in [0.1, 0.15) is 0 Å². The maximum absolute atomic E-state index is 5.60. The van der Waals surface area contributed by atoms with Gasteiger partial charge in [-0.3, -0.25) is 0 Å². The largest absolute Gasteiger partial charge is 0.491 e. The maximum Gasteiger partial charge on any atom is 0.316 e. The number of hydrogen-bond acceptors (Lipinski definition) is 6. The van der Waals surface area contributed by atoms with Crippen molar-refractivity contribution < 1.29 is 18.9 Å². The summed E-state index contributed by atoms with van der Waals surface area (Å²) in [6.45, 7) is 2.17. The molecule has 0 radical (unpaired) electrons. The number of ether oxygens (including phenoxy) is 4. The van der Waals surface area contributed by atoms with Crippen LogP contribution in [0.4, 0.5) is 0 Å². The lowest BCUT2D eigenvalue weighted by Gasteiger charge is -2.08. The van der Waals surface area contributed by atoms with Crippen molar-refractivity contribution in [2.24, 2.45) is 0 Å². The Kier molecular flexibility index (Phi) is 5.52. The average Bonchev–Trinajstić information content (AvgIpc) is 2.50. The summed E-state index contributed by atoms with van der Waals surface area (Å²) < 4.78 is 20.8. The van der Waals surface area contributed by atoms with Crippen LogP contribution in [-0.2, 0) is 9.47 Å². The fourth-order valence-electron chi connectivity index (χ4n) is 1.64. The predicted molar refractivity (Wildman–Crippen MR) is 74.3 cm³/mol. The second-order valence-corrected chi connectivity index (χ2v) is 4.03. The molecule has 2 aromatic rings. The van der Waals surface area contributed by atoms with Gasteiger partial charge in [0.25, 0.3) is 0 Å². The van der Waals surface area contributed by atoms with Crippen molar-refractivity contribution in [3.8, 4) is 11.8 Å². The Morgan fingerprint density at radius 1 is 1.05 bits per heavy atom. The van der Waals surface area contributed by atoms with Gasteiger partial charge in [0.2, 0.25) is 0 Å². The van der Waals surface area contributed by atoms with Gasteiger partial charge in [0.1, 0.15) is 12.4 Å². The summed E-state index contributed by atoms with van der Waals surface area (Å²) in [5, 5.41) is 0.939. The monoisotopic (exact) mass is 278 g/mol. The van der Waals surface area contributed by atoms with Gasteiger partial charge in [-0.05, 0) is 12.1 Å². The molecule has 6 nitrogen and oxygen atoms in total. The van der Waals surface area contributed by atoms with Crippen LogP contribution < -0.4 is 9.47 Å². The van der Waals surface area contributed by atoms with E-state index in [1.165, 1.54) is 0 Å². The van der Waals surface area contributed by atoms with Gasteiger partial charge in [-0.25, -0.2) is 4.98 Å². The molecule has 0 aliphatic rings. The fourth-order valence-corrected chi connectivity index (χ4v) is 1.64. The summed E-state index contributed by atoms with van der Waals surface area (Å²) in [5.74, 6) is 0.744. The molecule has 0 aliphatic carbocycles. The molecule has 0 unspecified atom stereocenters. The molecular formula is C14H18N2O4. The summed E-state index contributed by atoms with van der Waals surface area (Å²) in [6.07, 6.45) is 1.72. The Balaban J connectivity index is 1.90. The van der Waals surface area contributed by atoms with E-state index in [1.807, 2.05) is 18.2 Å². The van der Waals surface area contributed by atoms with Crippen molar-refractivity contribution in [1.82, 2.24) is 9.97 Å². The van der Waals surface area contributed by atoms with Crippen molar-refractivity contribution >= 4 is 10.9 Å². The van der Waals surface area contributed by atoms with Gasteiger partial charge in [0.15, 0.2) is 0 Å². The third-order valence-corrected chi connectivity index (χ3v) is 2.64. The molecule has 108 valence electrons. The number of hydrogen-bond donors (Lipinski definition) is 0. The Hall–Kier alpha value is -1.92. The quantitative estimate of drug-likeness (QED) is 0.685. The van der Waals surface area contributed by atoms with Gasteiger partial charge in [-0.15, -0.1) is 0 Å². The zero-order valence-corrected chi connectivity index (χ0v) is 11.7. The minimum atomic E-state index is 0.345. The summed E-state index contributed by atoms with van der Waals surface area (Å²) >= 11 is 0. The van der Waals surface area contributed by atoms with Gasteiger partial charge in [0.05, 0.1) is 32.4 Å². The summed E-state index contributed by atoms with van der Waals surface area (Å²) in [7, 11) is 3.18. The molecule has 1 aromatic carbocycles. The van der Waals surface area contributed by atoms with Crippen molar-refractivity contribution in [2.75, 3.05) is 40.6 Å². The van der Waals surface area contributed by atoms with Crippen LogP contribution in [0.2, 0.25) is 0 Å². The van der Waals surface area contributed by atoms with Gasteiger partial charge >= 0.3 is 6.01 Å². The minimum Gasteiger partial charge on any atom is -0.491 e. The topological polar surface area (TPSA) is 62.7 Å². The summed E-state index contributed by atoms with van der Waals surface area (Å²) in [5.41, 5.74) is 0.787. The highest BCUT2D eigenvalue weighted by Crippen LogP contribution is 2.20. The predicted octanol–water partition coefficient (Wildman–Crippen LogP) is 1.68. The fraction of sp³-hybridized carbons (Fsp3) is 0.429. The second kappa shape index (κ2) is 7.62. The Bertz CT molecular complexity index is 548. The van der Waals surface area contributed by atoms with E-state index in [4.69, 9.17) is 18.9 Å². The first kappa shape index (κ1) is 14.5. The average molecular weight is 278 g/mol. The van der Waals surface area contributed by atoms with Crippen molar-refractivity contribution in [3.63, 3.8) is 0 Å². The highest BCUT2D eigenvalue weighted by Gasteiger charge is 2.02. The first-order chi connectivity index (χ1) is 9.83. The Morgan fingerprint density at radius 3 is 2.70 bits per heavy atom. The number of rotatable bonds is 8. The van der Waals surface area contributed by atoms with Gasteiger partial charge in [-0.1, -0.05) is 0 Å². The molecule has 0 saturated heterocycles. The molecule has 0 spiro atoms. The van der Waals surface area contributed by atoms with Crippen LogP contribution in [0.3, 0.4) is 0 Å². The van der Waals surface area contributed by atoms with E-state index >= 15 is 0 Å². The van der Waals surface area contributed by atoms with Gasteiger partial charge < -0.3 is 18.9 Å². The molecular weight excluding hydrogens is 260 g/mol. The van der Waals surface area contributed by atoms with Crippen molar-refractivity contribution in [3.05, 3.63) is 24.4 Å². The molecule has 0 fully saturated rings. The van der Waals surface area contributed by atoms with E-state index < -0.39 is 0 Å². The maximum atomic E-state index is 5.60. The molecule has 0 N–H and O–H groups in total. The summed E-state index contributed by atoms with van der Waals surface area (Å²) in [6, 6.07) is 6.00. The van der Waals surface area contributed by atoms with E-state index in [-0.39, 0.29) is 0 Å². The van der Waals surface area contributed by atoms with Crippen molar-refractivity contribution in [2.45, 2.75) is 0 Å². The first-order valence-corrected chi connectivity index (χ1v) is 6.34. The zero-order chi connectivity index (χ0) is 14.2. The first-order valence-electron chi connectivity index (χ1n) is 6.34. The van der Waals surface area contributed by atoms with E-state index in [9.17, 15) is 0 Å². The molecule has 1 heterocycles. The Labute approximate surface area is 117 Å². The lowest BCUT2D eigenvalue weighted by Crippen LogP contribution is -2.10. The highest BCUT2D eigenvalue weighted by molar-refractivity contribution is 5.79. The minimum absolute atomic E-state index is 0.345. The smallest absolute Gasteiger partial charge is 0.316 e. The molecule has 0 atom stereocenters.